The van der Waals surface area contributed by atoms with Crippen LogP contribution in [-0.4, -0.2) is 19.6 Å². The Hall–Kier alpha value is -2.49. The van der Waals surface area contributed by atoms with Crippen LogP contribution in [0.3, 0.4) is 0 Å². The lowest BCUT2D eigenvalue weighted by atomic mass is 10.0. The zero-order chi connectivity index (χ0) is 18.9. The van der Waals surface area contributed by atoms with Crippen LogP contribution >= 0.6 is 0 Å². The first-order valence-corrected chi connectivity index (χ1v) is 9.16. The summed E-state index contributed by atoms with van der Waals surface area (Å²) in [5, 5.41) is 3.12. The fourth-order valence-electron chi connectivity index (χ4n) is 2.86. The van der Waals surface area contributed by atoms with Crippen molar-refractivity contribution in [1.29, 1.82) is 0 Å². The van der Waals surface area contributed by atoms with Crippen LogP contribution in [0.25, 0.3) is 0 Å². The van der Waals surface area contributed by atoms with Crippen LogP contribution in [-0.2, 0) is 4.79 Å². The number of methoxy groups -OCH3 is 1. The molecule has 0 radical (unpaired) electrons. The van der Waals surface area contributed by atoms with E-state index in [2.05, 4.69) is 18.3 Å². The van der Waals surface area contributed by atoms with Gasteiger partial charge in [0.05, 0.1) is 19.8 Å². The van der Waals surface area contributed by atoms with Gasteiger partial charge in [0.15, 0.2) is 0 Å². The third-order valence-electron chi connectivity index (χ3n) is 4.40. The number of benzene rings is 2. The summed E-state index contributed by atoms with van der Waals surface area (Å²) >= 11 is 0. The van der Waals surface area contributed by atoms with E-state index in [0.29, 0.717) is 19.4 Å². The van der Waals surface area contributed by atoms with Gasteiger partial charge in [0, 0.05) is 6.42 Å². The van der Waals surface area contributed by atoms with Gasteiger partial charge in [0.2, 0.25) is 5.91 Å². The van der Waals surface area contributed by atoms with Gasteiger partial charge in [-0.05, 0) is 56.0 Å². The molecule has 0 unspecified atom stereocenters. The molecule has 1 amide bonds. The Balaban J connectivity index is 1.79. The molecule has 0 saturated heterocycles. The van der Waals surface area contributed by atoms with Crippen LogP contribution in [0.2, 0.25) is 0 Å². The summed E-state index contributed by atoms with van der Waals surface area (Å²) in [5.74, 6) is 1.76. The quantitative estimate of drug-likeness (QED) is 0.661. The van der Waals surface area contributed by atoms with Gasteiger partial charge in [-0.3, -0.25) is 4.79 Å². The summed E-state index contributed by atoms with van der Waals surface area (Å²) in [6, 6.07) is 14.0. The number of hydrogen-bond acceptors (Lipinski definition) is 3. The van der Waals surface area contributed by atoms with E-state index in [-0.39, 0.29) is 11.9 Å². The summed E-state index contributed by atoms with van der Waals surface area (Å²) in [7, 11) is 1.67. The van der Waals surface area contributed by atoms with Gasteiger partial charge >= 0.3 is 0 Å². The smallest absolute Gasteiger partial charge is 0.220 e. The average Bonchev–Trinajstić information content (AvgIpc) is 2.64. The van der Waals surface area contributed by atoms with Gasteiger partial charge in [-0.2, -0.15) is 0 Å². The lowest BCUT2D eigenvalue weighted by Crippen LogP contribution is -2.28. The first kappa shape index (κ1) is 19.8. The van der Waals surface area contributed by atoms with Crippen molar-refractivity contribution in [1.82, 2.24) is 5.32 Å². The molecule has 0 fully saturated rings. The molecule has 0 spiro atoms. The van der Waals surface area contributed by atoms with E-state index < -0.39 is 0 Å². The van der Waals surface area contributed by atoms with Crippen molar-refractivity contribution in [2.45, 2.75) is 46.1 Å². The van der Waals surface area contributed by atoms with Crippen molar-refractivity contribution in [3.8, 4) is 11.5 Å². The monoisotopic (exact) mass is 355 g/mol. The highest BCUT2D eigenvalue weighted by Gasteiger charge is 2.14. The first-order chi connectivity index (χ1) is 12.5. The van der Waals surface area contributed by atoms with E-state index in [1.165, 1.54) is 5.56 Å². The van der Waals surface area contributed by atoms with Crippen molar-refractivity contribution in [2.75, 3.05) is 13.7 Å². The normalized spacial score (nSPS) is 11.7. The van der Waals surface area contributed by atoms with Crippen LogP contribution < -0.4 is 14.8 Å². The predicted molar refractivity (Wildman–Crippen MR) is 105 cm³/mol. The van der Waals surface area contributed by atoms with Crippen LogP contribution in [0.15, 0.2) is 42.5 Å². The van der Waals surface area contributed by atoms with Crippen molar-refractivity contribution < 1.29 is 14.3 Å². The van der Waals surface area contributed by atoms with Gasteiger partial charge in [0.25, 0.3) is 0 Å². The molecule has 0 aromatic heterocycles. The number of aryl methyl sites for hydroxylation is 2. The summed E-state index contributed by atoms with van der Waals surface area (Å²) < 4.78 is 11.0. The maximum Gasteiger partial charge on any atom is 0.220 e. The van der Waals surface area contributed by atoms with E-state index in [1.54, 1.807) is 7.11 Å². The number of hydrogen-bond donors (Lipinski definition) is 1. The molecule has 0 aliphatic rings. The highest BCUT2D eigenvalue weighted by atomic mass is 16.5. The minimum absolute atomic E-state index is 0.0186. The molecule has 0 aliphatic carbocycles. The van der Waals surface area contributed by atoms with Crippen molar-refractivity contribution in [3.05, 3.63) is 59.2 Å². The molecule has 0 bridgehead atoms. The van der Waals surface area contributed by atoms with Gasteiger partial charge in [0.1, 0.15) is 11.5 Å². The summed E-state index contributed by atoms with van der Waals surface area (Å²) in [5.41, 5.74) is 3.38. The molecule has 140 valence electrons. The fourth-order valence-corrected chi connectivity index (χ4v) is 2.86. The van der Waals surface area contributed by atoms with Crippen LogP contribution in [0.4, 0.5) is 0 Å². The second-order valence-electron chi connectivity index (χ2n) is 6.52. The lowest BCUT2D eigenvalue weighted by Gasteiger charge is -2.19. The summed E-state index contributed by atoms with van der Waals surface area (Å²) in [6.45, 7) is 6.67. The molecule has 2 aromatic carbocycles. The molecule has 0 saturated carbocycles. The van der Waals surface area contributed by atoms with Crippen LogP contribution in [0, 0.1) is 13.8 Å². The number of rotatable bonds is 9. The highest BCUT2D eigenvalue weighted by Crippen LogP contribution is 2.24. The second-order valence-corrected chi connectivity index (χ2v) is 6.52. The zero-order valence-corrected chi connectivity index (χ0v) is 16.2. The van der Waals surface area contributed by atoms with E-state index in [0.717, 1.165) is 29.0 Å². The van der Waals surface area contributed by atoms with E-state index >= 15 is 0 Å². The Labute approximate surface area is 156 Å². The molecule has 1 atom stereocenters. The van der Waals surface area contributed by atoms with Gasteiger partial charge < -0.3 is 14.8 Å². The first-order valence-electron chi connectivity index (χ1n) is 9.16. The number of carbonyl (C=O) groups excluding carboxylic acids is 1. The number of carbonyl (C=O) groups is 1. The molecule has 0 aliphatic heterocycles. The van der Waals surface area contributed by atoms with E-state index in [9.17, 15) is 4.79 Å². The van der Waals surface area contributed by atoms with Gasteiger partial charge in [-0.1, -0.05) is 36.8 Å². The highest BCUT2D eigenvalue weighted by molar-refractivity contribution is 5.76. The van der Waals surface area contributed by atoms with Crippen molar-refractivity contribution in [3.63, 3.8) is 0 Å². The average molecular weight is 355 g/mol. The van der Waals surface area contributed by atoms with Crippen molar-refractivity contribution in [2.24, 2.45) is 0 Å². The second kappa shape index (κ2) is 9.85. The molecule has 26 heavy (non-hydrogen) atoms. The van der Waals surface area contributed by atoms with E-state index in [1.807, 2.05) is 50.2 Å². The molecular formula is C22H29NO3. The number of amides is 1. The third-order valence-corrected chi connectivity index (χ3v) is 4.40. The molecular weight excluding hydrogens is 326 g/mol. The minimum Gasteiger partial charge on any atom is -0.496 e. The minimum atomic E-state index is 0.0186. The Morgan fingerprint density at radius 3 is 2.46 bits per heavy atom. The Morgan fingerprint density at radius 2 is 1.85 bits per heavy atom. The molecule has 0 heterocycles. The van der Waals surface area contributed by atoms with Crippen LogP contribution in [0.1, 0.15) is 48.9 Å². The number of nitrogens with one attached hydrogen (secondary N) is 1. The summed E-state index contributed by atoms with van der Waals surface area (Å²) in [6.07, 6.45) is 1.99. The van der Waals surface area contributed by atoms with Crippen molar-refractivity contribution >= 4 is 5.91 Å². The SMILES string of the molecule is CC[C@@H](NC(=O)CCCOc1ccc(C)cc1)c1ccc(OC)c(C)c1. The topological polar surface area (TPSA) is 47.6 Å². The molecule has 4 heteroatoms. The molecule has 1 N–H and O–H groups in total. The number of ether oxygens (including phenoxy) is 2. The van der Waals surface area contributed by atoms with Gasteiger partial charge in [-0.25, -0.2) is 0 Å². The van der Waals surface area contributed by atoms with E-state index in [4.69, 9.17) is 9.47 Å². The Kier molecular flexibility index (Phi) is 7.52. The maximum atomic E-state index is 12.3. The maximum absolute atomic E-state index is 12.3. The van der Waals surface area contributed by atoms with Crippen LogP contribution in [0.5, 0.6) is 11.5 Å². The fraction of sp³-hybridized carbons (Fsp3) is 0.409. The Morgan fingerprint density at radius 1 is 1.12 bits per heavy atom. The zero-order valence-electron chi connectivity index (χ0n) is 16.2. The molecule has 2 aromatic rings. The molecule has 4 nitrogen and oxygen atoms in total. The predicted octanol–water partition coefficient (Wildman–Crippen LogP) is 4.74. The third kappa shape index (κ3) is 5.80. The largest absolute Gasteiger partial charge is 0.496 e. The Bertz CT molecular complexity index is 710. The lowest BCUT2D eigenvalue weighted by molar-refractivity contribution is -0.122. The standard InChI is InChI=1S/C22H29NO3/c1-5-20(18-10-13-21(25-4)17(3)15-18)23-22(24)7-6-14-26-19-11-8-16(2)9-12-19/h8-13,15,20H,5-7,14H2,1-4H3,(H,23,24)/t20-/m1/s1. The van der Waals surface area contributed by atoms with Gasteiger partial charge in [-0.15, -0.1) is 0 Å². The molecule has 2 rings (SSSR count). The summed E-state index contributed by atoms with van der Waals surface area (Å²) in [4.78, 5) is 12.3.